The van der Waals surface area contributed by atoms with Gasteiger partial charge in [0.05, 0.1) is 6.61 Å². The molecule has 4 nitrogen and oxygen atoms in total. The predicted molar refractivity (Wildman–Crippen MR) is 71.8 cm³/mol. The van der Waals surface area contributed by atoms with Gasteiger partial charge in [0.1, 0.15) is 24.2 Å². The molecule has 1 atom stereocenters. The monoisotopic (exact) mass is 259 g/mol. The largest absolute Gasteiger partial charge is 0.489 e. The molecule has 1 aromatic heterocycles. The Morgan fingerprint density at radius 2 is 1.89 bits per heavy atom. The molecule has 1 unspecified atom stereocenters. The highest BCUT2D eigenvalue weighted by molar-refractivity contribution is 5.29. The second-order valence-electron chi connectivity index (χ2n) is 4.29. The summed E-state index contributed by atoms with van der Waals surface area (Å²) < 4.78 is 5.53. The van der Waals surface area contributed by atoms with E-state index in [0.717, 1.165) is 11.3 Å². The van der Waals surface area contributed by atoms with Crippen LogP contribution in [0.3, 0.4) is 0 Å². The topological polar surface area (TPSA) is 62.6 Å². The standard InChI is InChI=1S/C15H17NO3/c1-11-7-8-15(13(9-17)16-11)19-10-14(18)12-5-3-2-4-6-12/h2-8,14,17-18H,9-10H2,1H3. The minimum Gasteiger partial charge on any atom is -0.489 e. The molecule has 0 saturated carbocycles. The maximum absolute atomic E-state index is 9.99. The first-order valence-corrected chi connectivity index (χ1v) is 6.14. The Balaban J connectivity index is 2.03. The van der Waals surface area contributed by atoms with Crippen molar-refractivity contribution in [3.05, 3.63) is 59.4 Å². The van der Waals surface area contributed by atoms with E-state index in [9.17, 15) is 10.2 Å². The zero-order chi connectivity index (χ0) is 13.7. The third kappa shape index (κ3) is 3.53. The summed E-state index contributed by atoms with van der Waals surface area (Å²) in [6, 6.07) is 12.9. The van der Waals surface area contributed by atoms with Gasteiger partial charge in [-0.25, -0.2) is 0 Å². The summed E-state index contributed by atoms with van der Waals surface area (Å²) in [7, 11) is 0. The van der Waals surface area contributed by atoms with Crippen LogP contribution < -0.4 is 4.74 Å². The first-order valence-electron chi connectivity index (χ1n) is 6.14. The molecule has 2 rings (SSSR count). The second kappa shape index (κ2) is 6.31. The lowest BCUT2D eigenvalue weighted by Crippen LogP contribution is -2.11. The van der Waals surface area contributed by atoms with Crippen LogP contribution in [0.2, 0.25) is 0 Å². The lowest BCUT2D eigenvalue weighted by Gasteiger charge is -2.14. The first-order chi connectivity index (χ1) is 9.20. The molecule has 19 heavy (non-hydrogen) atoms. The van der Waals surface area contributed by atoms with Crippen molar-refractivity contribution in [3.63, 3.8) is 0 Å². The van der Waals surface area contributed by atoms with Crippen LogP contribution in [0, 0.1) is 6.92 Å². The zero-order valence-electron chi connectivity index (χ0n) is 10.8. The van der Waals surface area contributed by atoms with Gasteiger partial charge in [-0.1, -0.05) is 30.3 Å². The van der Waals surface area contributed by atoms with Gasteiger partial charge >= 0.3 is 0 Å². The number of hydrogen-bond acceptors (Lipinski definition) is 4. The van der Waals surface area contributed by atoms with Crippen molar-refractivity contribution >= 4 is 0 Å². The van der Waals surface area contributed by atoms with E-state index >= 15 is 0 Å². The van der Waals surface area contributed by atoms with Crippen LogP contribution in [0.5, 0.6) is 5.75 Å². The summed E-state index contributed by atoms with van der Waals surface area (Å²) in [6.45, 7) is 1.79. The van der Waals surface area contributed by atoms with Gasteiger partial charge in [-0.15, -0.1) is 0 Å². The fraction of sp³-hybridized carbons (Fsp3) is 0.267. The molecule has 100 valence electrons. The highest BCUT2D eigenvalue weighted by Crippen LogP contribution is 2.19. The minimum absolute atomic E-state index is 0.127. The van der Waals surface area contributed by atoms with Crippen molar-refractivity contribution in [1.82, 2.24) is 4.98 Å². The van der Waals surface area contributed by atoms with Crippen LogP contribution in [-0.2, 0) is 6.61 Å². The molecule has 0 spiro atoms. The lowest BCUT2D eigenvalue weighted by molar-refractivity contribution is 0.106. The zero-order valence-corrected chi connectivity index (χ0v) is 10.8. The number of rotatable bonds is 5. The number of hydrogen-bond donors (Lipinski definition) is 2. The van der Waals surface area contributed by atoms with Crippen LogP contribution in [0.15, 0.2) is 42.5 Å². The quantitative estimate of drug-likeness (QED) is 0.862. The van der Waals surface area contributed by atoms with Crippen LogP contribution in [0.1, 0.15) is 23.1 Å². The number of ether oxygens (including phenoxy) is 1. The predicted octanol–water partition coefficient (Wildman–Crippen LogP) is 1.99. The Morgan fingerprint density at radius 1 is 1.16 bits per heavy atom. The number of aryl methyl sites for hydroxylation is 1. The fourth-order valence-corrected chi connectivity index (χ4v) is 1.78. The summed E-state index contributed by atoms with van der Waals surface area (Å²) in [5.74, 6) is 0.503. The van der Waals surface area contributed by atoms with Gasteiger partial charge in [0.25, 0.3) is 0 Å². The number of aromatic nitrogens is 1. The van der Waals surface area contributed by atoms with Gasteiger partial charge in [0, 0.05) is 5.69 Å². The third-order valence-corrected chi connectivity index (χ3v) is 2.80. The number of benzene rings is 1. The van der Waals surface area contributed by atoms with E-state index < -0.39 is 6.10 Å². The van der Waals surface area contributed by atoms with Crippen LogP contribution in [-0.4, -0.2) is 21.8 Å². The van der Waals surface area contributed by atoms with Gasteiger partial charge in [-0.2, -0.15) is 0 Å². The Morgan fingerprint density at radius 3 is 2.58 bits per heavy atom. The van der Waals surface area contributed by atoms with Crippen LogP contribution in [0.25, 0.3) is 0 Å². The molecule has 0 bridgehead atoms. The van der Waals surface area contributed by atoms with E-state index in [1.165, 1.54) is 0 Å². The highest BCUT2D eigenvalue weighted by Gasteiger charge is 2.10. The summed E-state index contributed by atoms with van der Waals surface area (Å²) in [4.78, 5) is 4.19. The molecule has 2 N–H and O–H groups in total. The van der Waals surface area contributed by atoms with Crippen molar-refractivity contribution in [2.45, 2.75) is 19.6 Å². The minimum atomic E-state index is -0.700. The molecule has 1 heterocycles. The van der Waals surface area contributed by atoms with E-state index in [-0.39, 0.29) is 13.2 Å². The van der Waals surface area contributed by atoms with E-state index in [4.69, 9.17) is 4.74 Å². The van der Waals surface area contributed by atoms with Crippen LogP contribution in [0.4, 0.5) is 0 Å². The maximum atomic E-state index is 9.99. The second-order valence-corrected chi connectivity index (χ2v) is 4.29. The molecule has 0 saturated heterocycles. The molecule has 0 amide bonds. The Labute approximate surface area is 112 Å². The molecule has 0 aliphatic rings. The Kier molecular flexibility index (Phi) is 4.49. The van der Waals surface area contributed by atoms with E-state index in [0.29, 0.717) is 11.4 Å². The van der Waals surface area contributed by atoms with Crippen molar-refractivity contribution in [2.75, 3.05) is 6.61 Å². The molecule has 1 aromatic carbocycles. The molecule has 0 aliphatic carbocycles. The summed E-state index contributed by atoms with van der Waals surface area (Å²) in [6.07, 6.45) is -0.700. The van der Waals surface area contributed by atoms with Gasteiger partial charge in [-0.3, -0.25) is 4.98 Å². The number of nitrogens with zero attached hydrogens (tertiary/aromatic N) is 1. The van der Waals surface area contributed by atoms with Crippen LogP contribution >= 0.6 is 0 Å². The summed E-state index contributed by atoms with van der Waals surface area (Å²) in [5.41, 5.74) is 2.10. The van der Waals surface area contributed by atoms with E-state index in [2.05, 4.69) is 4.98 Å². The molecule has 0 radical (unpaired) electrons. The SMILES string of the molecule is Cc1ccc(OCC(O)c2ccccc2)c(CO)n1. The normalized spacial score (nSPS) is 12.2. The fourth-order valence-electron chi connectivity index (χ4n) is 1.78. The van der Waals surface area contributed by atoms with E-state index in [1.54, 1.807) is 6.07 Å². The highest BCUT2D eigenvalue weighted by atomic mass is 16.5. The average molecular weight is 259 g/mol. The van der Waals surface area contributed by atoms with Crippen molar-refractivity contribution in [2.24, 2.45) is 0 Å². The molecule has 0 aliphatic heterocycles. The van der Waals surface area contributed by atoms with Gasteiger partial charge in [0.15, 0.2) is 0 Å². The molecular formula is C15H17NO3. The molecule has 4 heteroatoms. The van der Waals surface area contributed by atoms with Gasteiger partial charge in [0.2, 0.25) is 0 Å². The number of aliphatic hydroxyl groups excluding tert-OH is 2. The van der Waals surface area contributed by atoms with E-state index in [1.807, 2.05) is 43.3 Å². The van der Waals surface area contributed by atoms with Gasteiger partial charge in [-0.05, 0) is 24.6 Å². The smallest absolute Gasteiger partial charge is 0.143 e. The third-order valence-electron chi connectivity index (χ3n) is 2.80. The summed E-state index contributed by atoms with van der Waals surface area (Å²) >= 11 is 0. The Hall–Kier alpha value is -1.91. The first kappa shape index (κ1) is 13.5. The lowest BCUT2D eigenvalue weighted by atomic mass is 10.1. The number of pyridine rings is 1. The maximum Gasteiger partial charge on any atom is 0.143 e. The van der Waals surface area contributed by atoms with Gasteiger partial charge < -0.3 is 14.9 Å². The number of aliphatic hydroxyl groups is 2. The molecular weight excluding hydrogens is 242 g/mol. The molecule has 0 fully saturated rings. The Bertz CT molecular complexity index is 528. The average Bonchev–Trinajstić information content (AvgIpc) is 2.46. The summed E-state index contributed by atoms with van der Waals surface area (Å²) in [5, 5.41) is 19.2. The molecule has 2 aromatic rings. The van der Waals surface area contributed by atoms with Crippen molar-refractivity contribution in [1.29, 1.82) is 0 Å². The van der Waals surface area contributed by atoms with Crippen molar-refractivity contribution in [3.8, 4) is 5.75 Å². The van der Waals surface area contributed by atoms with Crippen molar-refractivity contribution < 1.29 is 14.9 Å².